The molecule has 0 aromatic carbocycles. The maximum atomic E-state index is 12.9. The zero-order valence-electron chi connectivity index (χ0n) is 11.4. The lowest BCUT2D eigenvalue weighted by atomic mass is 10.0. The van der Waals surface area contributed by atoms with E-state index in [1.54, 1.807) is 0 Å². The van der Waals surface area contributed by atoms with Gasteiger partial charge >= 0.3 is 5.97 Å². The second kappa shape index (κ2) is 5.31. The number of hydrogen-bond donors (Lipinski definition) is 1. The number of aliphatic hydroxyl groups excluding tert-OH is 1. The van der Waals surface area contributed by atoms with E-state index in [4.69, 9.17) is 0 Å². The second-order valence-corrected chi connectivity index (χ2v) is 8.22. The van der Waals surface area contributed by atoms with Gasteiger partial charge < -0.3 is 9.84 Å². The fourth-order valence-electron chi connectivity index (χ4n) is 3.24. The van der Waals surface area contributed by atoms with Gasteiger partial charge in [-0.2, -0.15) is 4.31 Å². The van der Waals surface area contributed by atoms with Crippen molar-refractivity contribution in [2.75, 3.05) is 7.11 Å². The Morgan fingerprint density at radius 2 is 2.05 bits per heavy atom. The molecule has 0 radical (unpaired) electrons. The van der Waals surface area contributed by atoms with Gasteiger partial charge in [-0.05, 0) is 25.7 Å². The summed E-state index contributed by atoms with van der Waals surface area (Å²) in [6.07, 6.45) is 1.93. The van der Waals surface area contributed by atoms with E-state index in [2.05, 4.69) is 9.72 Å². The van der Waals surface area contributed by atoms with Crippen LogP contribution in [0.2, 0.25) is 0 Å². The molecule has 3 heterocycles. The number of methoxy groups -OCH3 is 1. The third kappa shape index (κ3) is 2.37. The van der Waals surface area contributed by atoms with Crippen molar-refractivity contribution in [1.29, 1.82) is 0 Å². The van der Waals surface area contributed by atoms with Gasteiger partial charge in [0.05, 0.1) is 18.7 Å². The summed E-state index contributed by atoms with van der Waals surface area (Å²) in [5.41, 5.74) is 1.17. The second-order valence-electron chi connectivity index (χ2n) is 5.33. The first-order valence-electron chi connectivity index (χ1n) is 6.68. The number of hydrogen-bond acceptors (Lipinski definition) is 7. The molecule has 0 amide bonds. The summed E-state index contributed by atoms with van der Waals surface area (Å²) in [5.74, 6) is -0.751. The highest BCUT2D eigenvalue weighted by atomic mass is 32.2. The Hall–Kier alpha value is -1.03. The van der Waals surface area contributed by atoms with E-state index in [1.807, 2.05) is 0 Å². The molecular formula is C12H16N2O5S2. The van der Waals surface area contributed by atoms with Crippen LogP contribution in [0.15, 0.2) is 9.72 Å². The minimum atomic E-state index is -3.79. The highest BCUT2D eigenvalue weighted by Gasteiger charge is 2.48. The molecule has 21 heavy (non-hydrogen) atoms. The van der Waals surface area contributed by atoms with Gasteiger partial charge in [-0.3, -0.25) is 0 Å². The summed E-state index contributed by atoms with van der Waals surface area (Å²) in [6.45, 7) is 0. The van der Waals surface area contributed by atoms with Crippen LogP contribution in [0.4, 0.5) is 0 Å². The molecule has 3 rings (SSSR count). The van der Waals surface area contributed by atoms with Crippen LogP contribution in [-0.2, 0) is 14.8 Å². The number of rotatable bonds is 3. The standard InChI is InChI=1S/C12H16N2O5S2/c1-19-11(16)10-12(20-6-13-10)21(17,18)14-7-2-3-8(14)5-9(15)4-7/h6-9,15H,2-5H2,1H3. The summed E-state index contributed by atoms with van der Waals surface area (Å²) in [6, 6.07) is -0.396. The molecule has 2 unspecified atom stereocenters. The van der Waals surface area contributed by atoms with Gasteiger partial charge in [-0.25, -0.2) is 18.2 Å². The third-order valence-corrected chi connectivity index (χ3v) is 7.42. The lowest BCUT2D eigenvalue weighted by molar-refractivity contribution is 0.0588. The average Bonchev–Trinajstić information content (AvgIpc) is 3.02. The molecule has 2 aliphatic heterocycles. The number of thiazole rings is 1. The summed E-state index contributed by atoms with van der Waals surface area (Å²) in [5, 5.41) is 9.78. The number of ether oxygens (including phenoxy) is 1. The number of piperidine rings is 1. The minimum absolute atomic E-state index is 0.0670. The number of carbonyl (C=O) groups is 1. The normalized spacial score (nSPS) is 29.5. The number of esters is 1. The maximum Gasteiger partial charge on any atom is 0.358 e. The van der Waals surface area contributed by atoms with Crippen molar-refractivity contribution in [3.63, 3.8) is 0 Å². The molecule has 7 nitrogen and oxygen atoms in total. The van der Waals surface area contributed by atoms with Crippen molar-refractivity contribution in [3.05, 3.63) is 11.2 Å². The largest absolute Gasteiger partial charge is 0.464 e. The fourth-order valence-corrected chi connectivity index (χ4v) is 6.36. The zero-order valence-corrected chi connectivity index (χ0v) is 13.1. The van der Waals surface area contributed by atoms with E-state index in [0.29, 0.717) is 12.8 Å². The van der Waals surface area contributed by atoms with Gasteiger partial charge in [0.25, 0.3) is 10.0 Å². The molecule has 1 N–H and O–H groups in total. The summed E-state index contributed by atoms with van der Waals surface area (Å²) >= 11 is 0.922. The molecule has 9 heteroatoms. The molecule has 0 saturated carbocycles. The topological polar surface area (TPSA) is 96.8 Å². The summed E-state index contributed by atoms with van der Waals surface area (Å²) in [7, 11) is -2.59. The number of sulfonamides is 1. The maximum absolute atomic E-state index is 12.9. The monoisotopic (exact) mass is 332 g/mol. The van der Waals surface area contributed by atoms with E-state index < -0.39 is 22.1 Å². The summed E-state index contributed by atoms with van der Waals surface area (Å²) < 4.78 is 31.7. The molecule has 2 saturated heterocycles. The Morgan fingerprint density at radius 1 is 1.43 bits per heavy atom. The van der Waals surface area contributed by atoms with Crippen LogP contribution in [0.1, 0.15) is 36.2 Å². The van der Waals surface area contributed by atoms with Crippen LogP contribution < -0.4 is 0 Å². The molecule has 2 atom stereocenters. The molecular weight excluding hydrogens is 316 g/mol. The Balaban J connectivity index is 1.99. The van der Waals surface area contributed by atoms with Crippen LogP contribution in [-0.4, -0.2) is 54.1 Å². The Kier molecular flexibility index (Phi) is 3.76. The van der Waals surface area contributed by atoms with E-state index in [1.165, 1.54) is 16.9 Å². The molecule has 1 aromatic rings. The van der Waals surface area contributed by atoms with Gasteiger partial charge in [0, 0.05) is 12.1 Å². The Bertz CT molecular complexity index is 642. The van der Waals surface area contributed by atoms with Crippen LogP contribution >= 0.6 is 11.3 Å². The quantitative estimate of drug-likeness (QED) is 0.815. The zero-order chi connectivity index (χ0) is 15.2. The first-order valence-corrected chi connectivity index (χ1v) is 9.00. The van der Waals surface area contributed by atoms with Crippen LogP contribution in [0.25, 0.3) is 0 Å². The number of nitrogens with zero attached hydrogens (tertiary/aromatic N) is 2. The smallest absolute Gasteiger partial charge is 0.358 e. The van der Waals surface area contributed by atoms with E-state index in [9.17, 15) is 18.3 Å². The minimum Gasteiger partial charge on any atom is -0.464 e. The van der Waals surface area contributed by atoms with Gasteiger partial charge in [0.15, 0.2) is 9.90 Å². The molecule has 116 valence electrons. The molecule has 0 aliphatic carbocycles. The molecule has 2 aliphatic rings. The third-order valence-electron chi connectivity index (χ3n) is 4.07. The molecule has 0 spiro atoms. The molecule has 1 aromatic heterocycles. The summed E-state index contributed by atoms with van der Waals surface area (Å²) in [4.78, 5) is 15.5. The van der Waals surface area contributed by atoms with Crippen molar-refractivity contribution >= 4 is 27.3 Å². The number of carbonyl (C=O) groups excluding carboxylic acids is 1. The first-order chi connectivity index (χ1) is 9.95. The highest BCUT2D eigenvalue weighted by molar-refractivity contribution is 7.91. The van der Waals surface area contributed by atoms with Crippen molar-refractivity contribution < 1.29 is 23.1 Å². The lowest BCUT2D eigenvalue weighted by Crippen LogP contribution is -2.47. The lowest BCUT2D eigenvalue weighted by Gasteiger charge is -2.35. The van der Waals surface area contributed by atoms with Crippen LogP contribution in [0.3, 0.4) is 0 Å². The predicted octanol–water partition coefficient (Wildman–Crippen LogP) is 0.606. The molecule has 2 bridgehead atoms. The highest BCUT2D eigenvalue weighted by Crippen LogP contribution is 2.41. The van der Waals surface area contributed by atoms with Crippen LogP contribution in [0, 0.1) is 0 Å². The Labute approximate surface area is 126 Å². The average molecular weight is 332 g/mol. The number of fused-ring (bicyclic) bond motifs is 2. The van der Waals surface area contributed by atoms with Gasteiger partial charge in [0.2, 0.25) is 0 Å². The van der Waals surface area contributed by atoms with Gasteiger partial charge in [-0.1, -0.05) is 0 Å². The van der Waals surface area contributed by atoms with Gasteiger partial charge in [-0.15, -0.1) is 11.3 Å². The molecule has 2 fully saturated rings. The van der Waals surface area contributed by atoms with E-state index in [-0.39, 0.29) is 22.0 Å². The first kappa shape index (κ1) is 14.9. The number of aromatic nitrogens is 1. The van der Waals surface area contributed by atoms with E-state index in [0.717, 1.165) is 24.2 Å². The van der Waals surface area contributed by atoms with Gasteiger partial charge in [0.1, 0.15) is 0 Å². The van der Waals surface area contributed by atoms with Crippen LogP contribution in [0.5, 0.6) is 0 Å². The predicted molar refractivity (Wildman–Crippen MR) is 74.5 cm³/mol. The van der Waals surface area contributed by atoms with Crippen molar-refractivity contribution in [2.45, 2.75) is 48.1 Å². The van der Waals surface area contributed by atoms with Crippen molar-refractivity contribution in [1.82, 2.24) is 9.29 Å². The SMILES string of the molecule is COC(=O)c1ncsc1S(=O)(=O)N1C2CCC1CC(O)C2. The van der Waals surface area contributed by atoms with Crippen molar-refractivity contribution in [2.24, 2.45) is 0 Å². The fraction of sp³-hybridized carbons (Fsp3) is 0.667. The Morgan fingerprint density at radius 3 is 2.62 bits per heavy atom. The van der Waals surface area contributed by atoms with Crippen molar-refractivity contribution in [3.8, 4) is 0 Å². The number of aliphatic hydroxyl groups is 1. The van der Waals surface area contributed by atoms with E-state index >= 15 is 0 Å².